The van der Waals surface area contributed by atoms with Gasteiger partial charge in [-0.05, 0) is 56.9 Å². The number of amides is 2. The average molecular weight is 368 g/mol. The van der Waals surface area contributed by atoms with E-state index in [0.29, 0.717) is 29.4 Å². The summed E-state index contributed by atoms with van der Waals surface area (Å²) < 4.78 is 1.41. The van der Waals surface area contributed by atoms with E-state index in [1.165, 1.54) is 4.68 Å². The highest BCUT2D eigenvalue weighted by atomic mass is 16.3. The number of nitrogens with one attached hydrogen (secondary N) is 2. The number of rotatable bonds is 5. The summed E-state index contributed by atoms with van der Waals surface area (Å²) in [6, 6.07) is 6.55. The summed E-state index contributed by atoms with van der Waals surface area (Å²) in [6.07, 6.45) is 5.08. The zero-order valence-electron chi connectivity index (χ0n) is 15.4. The van der Waals surface area contributed by atoms with E-state index in [1.807, 2.05) is 13.0 Å². The van der Waals surface area contributed by atoms with E-state index in [4.69, 9.17) is 0 Å². The highest BCUT2D eigenvalue weighted by molar-refractivity contribution is 5.95. The average Bonchev–Trinajstić information content (AvgIpc) is 3.36. The van der Waals surface area contributed by atoms with Gasteiger partial charge in [0.2, 0.25) is 5.91 Å². The Morgan fingerprint density at radius 2 is 2.00 bits per heavy atom. The molecule has 7 nitrogen and oxygen atoms in total. The molecule has 3 N–H and O–H groups in total. The molecular formula is C20H24N4O3. The lowest BCUT2D eigenvalue weighted by atomic mass is 9.82. The van der Waals surface area contributed by atoms with Crippen LogP contribution in [0.1, 0.15) is 50.6 Å². The van der Waals surface area contributed by atoms with Crippen LogP contribution in [0.15, 0.2) is 24.3 Å². The number of carbonyl (C=O) groups is 2. The van der Waals surface area contributed by atoms with Crippen LogP contribution < -0.4 is 10.6 Å². The highest BCUT2D eigenvalue weighted by Gasteiger charge is 2.30. The third-order valence-electron chi connectivity index (χ3n) is 5.27. The Hall–Kier alpha value is -2.83. The van der Waals surface area contributed by atoms with Crippen LogP contribution in [0, 0.1) is 5.92 Å². The van der Waals surface area contributed by atoms with Crippen LogP contribution in [0.3, 0.4) is 0 Å². The molecule has 142 valence electrons. The van der Waals surface area contributed by atoms with Gasteiger partial charge in [0.15, 0.2) is 0 Å². The van der Waals surface area contributed by atoms with Crippen molar-refractivity contribution >= 4 is 17.6 Å². The smallest absolute Gasteiger partial charge is 0.342 e. The van der Waals surface area contributed by atoms with Gasteiger partial charge in [-0.15, -0.1) is 0 Å². The molecule has 2 aromatic rings. The maximum atomic E-state index is 12.4. The third-order valence-corrected chi connectivity index (χ3v) is 5.27. The molecule has 0 bridgehead atoms. The number of phenolic OH excluding ortho intramolecular Hbond substituents is 1. The number of nitrogens with zero attached hydrogens (tertiary/aromatic N) is 2. The van der Waals surface area contributed by atoms with E-state index < -0.39 is 0 Å². The third kappa shape index (κ3) is 3.54. The minimum atomic E-state index is -0.261. The molecule has 2 aliphatic carbocycles. The zero-order valence-corrected chi connectivity index (χ0v) is 15.4. The maximum Gasteiger partial charge on any atom is 0.342 e. The molecule has 0 radical (unpaired) electrons. The predicted octanol–water partition coefficient (Wildman–Crippen LogP) is 3.45. The first-order valence-corrected chi connectivity index (χ1v) is 9.59. The van der Waals surface area contributed by atoms with Crippen LogP contribution in [0.4, 0.5) is 10.5 Å². The summed E-state index contributed by atoms with van der Waals surface area (Å²) in [5.41, 5.74) is 2.53. The number of hydrogen-bond acceptors (Lipinski definition) is 4. The van der Waals surface area contributed by atoms with E-state index in [-0.39, 0.29) is 23.6 Å². The molecule has 4 rings (SSSR count). The van der Waals surface area contributed by atoms with Gasteiger partial charge < -0.3 is 15.7 Å². The van der Waals surface area contributed by atoms with Gasteiger partial charge in [-0.2, -0.15) is 9.78 Å². The number of aromatic nitrogens is 2. The second-order valence-corrected chi connectivity index (χ2v) is 7.33. The molecule has 0 saturated heterocycles. The van der Waals surface area contributed by atoms with E-state index in [2.05, 4.69) is 15.7 Å². The molecule has 0 spiro atoms. The standard InChI is InChI=1S/C20H24N4O3/c1-2-21-20(27)24-17(12-4-3-5-12)11-16(23-24)15-10-14(8-9-18(15)25)22-19(26)13-6-7-13/h8-13,25H,2-7H2,1H3,(H,21,27)(H,22,26). The van der Waals surface area contributed by atoms with Crippen molar-refractivity contribution in [3.8, 4) is 17.0 Å². The molecule has 0 atom stereocenters. The van der Waals surface area contributed by atoms with Gasteiger partial charge in [0.25, 0.3) is 0 Å². The van der Waals surface area contributed by atoms with Crippen molar-refractivity contribution in [2.24, 2.45) is 5.92 Å². The SMILES string of the molecule is CCNC(=O)n1nc(-c2cc(NC(=O)C3CC3)ccc2O)cc1C1CCC1. The predicted molar refractivity (Wildman–Crippen MR) is 102 cm³/mol. The Morgan fingerprint density at radius 3 is 2.63 bits per heavy atom. The molecule has 7 heteroatoms. The minimum Gasteiger partial charge on any atom is -0.507 e. The van der Waals surface area contributed by atoms with Gasteiger partial charge in [0.05, 0.1) is 11.4 Å². The van der Waals surface area contributed by atoms with Crippen LogP contribution in [0.5, 0.6) is 5.75 Å². The first kappa shape index (κ1) is 17.6. The van der Waals surface area contributed by atoms with E-state index in [0.717, 1.165) is 37.8 Å². The number of aromatic hydroxyl groups is 1. The number of anilines is 1. The second kappa shape index (κ2) is 7.06. The number of hydrogen-bond donors (Lipinski definition) is 3. The van der Waals surface area contributed by atoms with Crippen molar-refractivity contribution in [3.05, 3.63) is 30.0 Å². The summed E-state index contributed by atoms with van der Waals surface area (Å²) in [6.45, 7) is 2.38. The Labute approximate surface area is 157 Å². The van der Waals surface area contributed by atoms with Crippen LogP contribution in [-0.4, -0.2) is 33.4 Å². The van der Waals surface area contributed by atoms with Crippen LogP contribution >= 0.6 is 0 Å². The summed E-state index contributed by atoms with van der Waals surface area (Å²) >= 11 is 0. The Morgan fingerprint density at radius 1 is 1.22 bits per heavy atom. The van der Waals surface area contributed by atoms with E-state index in [9.17, 15) is 14.7 Å². The minimum absolute atomic E-state index is 0.00893. The van der Waals surface area contributed by atoms with Gasteiger partial charge in [-0.25, -0.2) is 4.79 Å². The topological polar surface area (TPSA) is 96.3 Å². The van der Waals surface area contributed by atoms with Crippen LogP contribution in [0.25, 0.3) is 11.3 Å². The lowest BCUT2D eigenvalue weighted by molar-refractivity contribution is -0.117. The van der Waals surface area contributed by atoms with Crippen molar-refractivity contribution in [2.75, 3.05) is 11.9 Å². The maximum absolute atomic E-state index is 12.4. The first-order valence-electron chi connectivity index (χ1n) is 9.59. The fourth-order valence-corrected chi connectivity index (χ4v) is 3.32. The fraction of sp³-hybridized carbons (Fsp3) is 0.450. The molecule has 1 heterocycles. The molecule has 27 heavy (non-hydrogen) atoms. The normalized spacial score (nSPS) is 16.6. The molecule has 2 aliphatic rings. The van der Waals surface area contributed by atoms with Crippen LogP contribution in [0.2, 0.25) is 0 Å². The monoisotopic (exact) mass is 368 g/mol. The van der Waals surface area contributed by atoms with Gasteiger partial charge in [0, 0.05) is 29.6 Å². The Kier molecular flexibility index (Phi) is 4.59. The molecule has 2 fully saturated rings. The molecule has 2 saturated carbocycles. The quantitative estimate of drug-likeness (QED) is 0.704. The Bertz CT molecular complexity index is 881. The van der Waals surface area contributed by atoms with Gasteiger partial charge in [-0.3, -0.25) is 4.79 Å². The molecule has 0 unspecified atom stereocenters. The summed E-state index contributed by atoms with van der Waals surface area (Å²) in [4.78, 5) is 24.4. The molecule has 1 aromatic heterocycles. The van der Waals surface area contributed by atoms with Gasteiger partial charge in [0.1, 0.15) is 5.75 Å². The van der Waals surface area contributed by atoms with E-state index in [1.54, 1.807) is 18.2 Å². The Balaban J connectivity index is 1.67. The molecule has 2 amide bonds. The number of carbonyl (C=O) groups excluding carboxylic acids is 2. The summed E-state index contributed by atoms with van der Waals surface area (Å²) in [5, 5.41) is 20.5. The van der Waals surface area contributed by atoms with Crippen molar-refractivity contribution < 1.29 is 14.7 Å². The van der Waals surface area contributed by atoms with Crippen molar-refractivity contribution in [1.82, 2.24) is 15.1 Å². The highest BCUT2D eigenvalue weighted by Crippen LogP contribution is 2.39. The van der Waals surface area contributed by atoms with E-state index >= 15 is 0 Å². The van der Waals surface area contributed by atoms with Crippen molar-refractivity contribution in [1.29, 1.82) is 0 Å². The summed E-state index contributed by atoms with van der Waals surface area (Å²) in [5.74, 6) is 0.493. The lowest BCUT2D eigenvalue weighted by Crippen LogP contribution is -2.31. The van der Waals surface area contributed by atoms with Crippen molar-refractivity contribution in [3.63, 3.8) is 0 Å². The largest absolute Gasteiger partial charge is 0.507 e. The summed E-state index contributed by atoms with van der Waals surface area (Å²) in [7, 11) is 0. The first-order chi connectivity index (χ1) is 13.1. The van der Waals surface area contributed by atoms with Crippen molar-refractivity contribution in [2.45, 2.75) is 44.9 Å². The molecule has 0 aliphatic heterocycles. The number of benzene rings is 1. The zero-order chi connectivity index (χ0) is 19.0. The van der Waals surface area contributed by atoms with Crippen LogP contribution in [-0.2, 0) is 4.79 Å². The molecular weight excluding hydrogens is 344 g/mol. The molecule has 1 aromatic carbocycles. The second-order valence-electron chi connectivity index (χ2n) is 7.33. The number of phenols is 1. The van der Waals surface area contributed by atoms with Gasteiger partial charge in [-0.1, -0.05) is 6.42 Å². The lowest BCUT2D eigenvalue weighted by Gasteiger charge is -2.25. The fourth-order valence-electron chi connectivity index (χ4n) is 3.32. The van der Waals surface area contributed by atoms with Gasteiger partial charge >= 0.3 is 6.03 Å².